The molecule has 0 bridgehead atoms. The molecule has 0 N–H and O–H groups in total. The number of pyridine rings is 1. The van der Waals surface area contributed by atoms with Gasteiger partial charge in [0.05, 0.1) is 5.69 Å². The average Bonchev–Trinajstić information content (AvgIpc) is 2.54. The maximum absolute atomic E-state index is 8.78. The Morgan fingerprint density at radius 3 is 2.50 bits per heavy atom. The molecule has 20 heavy (non-hydrogen) atoms. The van der Waals surface area contributed by atoms with Crippen LogP contribution in [0.5, 0.6) is 0 Å². The van der Waals surface area contributed by atoms with Crippen LogP contribution in [0, 0.1) is 11.3 Å². The summed E-state index contributed by atoms with van der Waals surface area (Å²) < 4.78 is 0. The van der Waals surface area contributed by atoms with Crippen LogP contribution in [0.1, 0.15) is 11.5 Å². The van der Waals surface area contributed by atoms with Gasteiger partial charge in [-0.2, -0.15) is 5.26 Å². The Morgan fingerprint density at radius 2 is 1.80 bits per heavy atom. The van der Waals surface area contributed by atoms with E-state index in [4.69, 9.17) is 5.26 Å². The summed E-state index contributed by atoms with van der Waals surface area (Å²) in [6.45, 7) is 0. The summed E-state index contributed by atoms with van der Waals surface area (Å²) in [4.78, 5) is 12.6. The van der Waals surface area contributed by atoms with E-state index in [-0.39, 0.29) is 5.82 Å². The number of aromatic nitrogens is 3. The van der Waals surface area contributed by atoms with Gasteiger partial charge in [-0.15, -0.1) is 0 Å². The highest BCUT2D eigenvalue weighted by Gasteiger charge is 2.11. The molecule has 2 heterocycles. The van der Waals surface area contributed by atoms with Crippen LogP contribution in [0.15, 0.2) is 42.9 Å². The second-order valence-corrected chi connectivity index (χ2v) is 4.77. The molecule has 5 heteroatoms. The molecule has 0 spiro atoms. The largest absolute Gasteiger partial charge is 0.259 e. The van der Waals surface area contributed by atoms with Gasteiger partial charge in [-0.1, -0.05) is 40.2 Å². The summed E-state index contributed by atoms with van der Waals surface area (Å²) in [5.41, 5.74) is 2.80. The average molecular weight is 325 g/mol. The van der Waals surface area contributed by atoms with Crippen LogP contribution >= 0.6 is 15.9 Å². The number of nitriles is 1. The summed E-state index contributed by atoms with van der Waals surface area (Å²) in [6, 6.07) is 9.98. The fourth-order valence-electron chi connectivity index (χ4n) is 2.14. The van der Waals surface area contributed by atoms with Crippen molar-refractivity contribution in [2.75, 3.05) is 0 Å². The SMILES string of the molecule is N#Cc1ncc(-c2c(CBr)ncc3ccccc23)cn1. The van der Waals surface area contributed by atoms with E-state index in [1.807, 2.05) is 30.5 Å². The molecule has 3 aromatic rings. The van der Waals surface area contributed by atoms with Gasteiger partial charge in [0.15, 0.2) is 0 Å². The smallest absolute Gasteiger partial charge is 0.232 e. The van der Waals surface area contributed by atoms with Gasteiger partial charge in [0.25, 0.3) is 0 Å². The van der Waals surface area contributed by atoms with Crippen molar-refractivity contribution in [3.8, 4) is 17.2 Å². The van der Waals surface area contributed by atoms with Gasteiger partial charge in [0.1, 0.15) is 6.07 Å². The summed E-state index contributed by atoms with van der Waals surface area (Å²) >= 11 is 3.46. The second kappa shape index (κ2) is 5.35. The van der Waals surface area contributed by atoms with Crippen LogP contribution in [-0.4, -0.2) is 15.0 Å². The van der Waals surface area contributed by atoms with E-state index < -0.39 is 0 Å². The summed E-state index contributed by atoms with van der Waals surface area (Å²) in [7, 11) is 0. The maximum Gasteiger partial charge on any atom is 0.232 e. The summed E-state index contributed by atoms with van der Waals surface area (Å²) in [6.07, 6.45) is 5.20. The number of rotatable bonds is 2. The first-order valence-electron chi connectivity index (χ1n) is 5.98. The Kier molecular flexibility index (Phi) is 3.40. The number of halogens is 1. The molecule has 0 aliphatic heterocycles. The first-order chi connectivity index (χ1) is 9.83. The van der Waals surface area contributed by atoms with Crippen molar-refractivity contribution in [1.29, 1.82) is 5.26 Å². The highest BCUT2D eigenvalue weighted by molar-refractivity contribution is 9.08. The molecular weight excluding hydrogens is 316 g/mol. The first-order valence-corrected chi connectivity index (χ1v) is 7.10. The number of nitrogens with zero attached hydrogens (tertiary/aromatic N) is 4. The zero-order chi connectivity index (χ0) is 13.9. The molecule has 2 aromatic heterocycles. The molecule has 0 saturated carbocycles. The normalized spacial score (nSPS) is 10.4. The van der Waals surface area contributed by atoms with E-state index in [0.717, 1.165) is 27.6 Å². The molecule has 4 nitrogen and oxygen atoms in total. The minimum absolute atomic E-state index is 0.169. The van der Waals surface area contributed by atoms with Crippen LogP contribution in [0.4, 0.5) is 0 Å². The Morgan fingerprint density at radius 1 is 1.05 bits per heavy atom. The molecule has 0 aliphatic rings. The van der Waals surface area contributed by atoms with Crippen LogP contribution in [-0.2, 0) is 5.33 Å². The Hall–Kier alpha value is -2.32. The molecule has 0 amide bonds. The van der Waals surface area contributed by atoms with Crippen molar-refractivity contribution in [3.63, 3.8) is 0 Å². The molecular formula is C15H9BrN4. The van der Waals surface area contributed by atoms with Crippen molar-refractivity contribution in [1.82, 2.24) is 15.0 Å². The van der Waals surface area contributed by atoms with Crippen LogP contribution in [0.2, 0.25) is 0 Å². The zero-order valence-electron chi connectivity index (χ0n) is 10.4. The molecule has 0 aliphatic carbocycles. The molecule has 0 saturated heterocycles. The quantitative estimate of drug-likeness (QED) is 0.677. The van der Waals surface area contributed by atoms with Crippen molar-refractivity contribution in [2.24, 2.45) is 0 Å². The lowest BCUT2D eigenvalue weighted by atomic mass is 10.0. The number of alkyl halides is 1. The van der Waals surface area contributed by atoms with Crippen molar-refractivity contribution >= 4 is 26.7 Å². The van der Waals surface area contributed by atoms with Crippen LogP contribution < -0.4 is 0 Å². The van der Waals surface area contributed by atoms with E-state index in [0.29, 0.717) is 5.33 Å². The highest BCUT2D eigenvalue weighted by atomic mass is 79.9. The fourth-order valence-corrected chi connectivity index (χ4v) is 2.57. The van der Waals surface area contributed by atoms with Gasteiger partial charge in [0, 0.05) is 40.4 Å². The molecule has 0 atom stereocenters. The Balaban J connectivity index is 2.29. The molecule has 96 valence electrons. The van der Waals surface area contributed by atoms with E-state index in [1.54, 1.807) is 12.4 Å². The van der Waals surface area contributed by atoms with Gasteiger partial charge in [-0.3, -0.25) is 4.98 Å². The minimum Gasteiger partial charge on any atom is -0.259 e. The predicted octanol–water partition coefficient (Wildman–Crippen LogP) is 3.46. The highest BCUT2D eigenvalue weighted by Crippen LogP contribution is 2.31. The van der Waals surface area contributed by atoms with E-state index in [2.05, 4.69) is 36.9 Å². The third-order valence-electron chi connectivity index (χ3n) is 3.05. The third kappa shape index (κ3) is 2.15. The lowest BCUT2D eigenvalue weighted by Crippen LogP contribution is -1.95. The molecule has 3 rings (SSSR count). The van der Waals surface area contributed by atoms with E-state index in [9.17, 15) is 0 Å². The van der Waals surface area contributed by atoms with Crippen LogP contribution in [0.25, 0.3) is 21.9 Å². The molecule has 1 aromatic carbocycles. The number of hydrogen-bond acceptors (Lipinski definition) is 4. The monoisotopic (exact) mass is 324 g/mol. The zero-order valence-corrected chi connectivity index (χ0v) is 12.0. The number of hydrogen-bond donors (Lipinski definition) is 0. The molecule has 0 unspecified atom stereocenters. The maximum atomic E-state index is 8.78. The first kappa shape index (κ1) is 12.7. The standard InChI is InChI=1S/C15H9BrN4/c16-5-13-15(11-8-19-14(6-17)20-9-11)12-4-2-1-3-10(12)7-18-13/h1-4,7-9H,5H2. The topological polar surface area (TPSA) is 62.5 Å². The lowest BCUT2D eigenvalue weighted by Gasteiger charge is -2.10. The van der Waals surface area contributed by atoms with Crippen LogP contribution in [0.3, 0.4) is 0 Å². The minimum atomic E-state index is 0.169. The fraction of sp³-hybridized carbons (Fsp3) is 0.0667. The number of fused-ring (bicyclic) bond motifs is 1. The Bertz CT molecular complexity index is 806. The second-order valence-electron chi connectivity index (χ2n) is 4.21. The Labute approximate surface area is 124 Å². The van der Waals surface area contributed by atoms with Gasteiger partial charge in [0.2, 0.25) is 5.82 Å². The summed E-state index contributed by atoms with van der Waals surface area (Å²) in [5, 5.41) is 11.6. The lowest BCUT2D eigenvalue weighted by molar-refractivity contribution is 1.11. The molecule has 0 fully saturated rings. The van der Waals surface area contributed by atoms with Gasteiger partial charge < -0.3 is 0 Å². The van der Waals surface area contributed by atoms with Gasteiger partial charge in [-0.25, -0.2) is 9.97 Å². The van der Waals surface area contributed by atoms with E-state index in [1.165, 1.54) is 0 Å². The van der Waals surface area contributed by atoms with Crippen molar-refractivity contribution < 1.29 is 0 Å². The van der Waals surface area contributed by atoms with Crippen molar-refractivity contribution in [3.05, 3.63) is 54.4 Å². The molecule has 0 radical (unpaired) electrons. The van der Waals surface area contributed by atoms with Gasteiger partial charge in [-0.05, 0) is 5.39 Å². The van der Waals surface area contributed by atoms with Crippen molar-refractivity contribution in [2.45, 2.75) is 5.33 Å². The van der Waals surface area contributed by atoms with Gasteiger partial charge >= 0.3 is 0 Å². The summed E-state index contributed by atoms with van der Waals surface area (Å²) in [5.74, 6) is 0.169. The number of benzene rings is 1. The van der Waals surface area contributed by atoms with E-state index >= 15 is 0 Å². The third-order valence-corrected chi connectivity index (χ3v) is 3.58. The predicted molar refractivity (Wildman–Crippen MR) is 80.1 cm³/mol.